The van der Waals surface area contributed by atoms with Gasteiger partial charge in [-0.25, -0.2) is 0 Å². The van der Waals surface area contributed by atoms with Crippen LogP contribution in [0.5, 0.6) is 11.5 Å². The Balaban J connectivity index is 2.07. The van der Waals surface area contributed by atoms with Crippen LogP contribution < -0.4 is 14.8 Å². The Hall–Kier alpha value is -2.20. The number of ether oxygens (including phenoxy) is 2. The molecular formula is C19H22ClNO3. The average Bonchev–Trinajstić information content (AvgIpc) is 2.61. The zero-order valence-electron chi connectivity index (χ0n) is 14.0. The second-order valence-electron chi connectivity index (χ2n) is 5.38. The third-order valence-electron chi connectivity index (χ3n) is 3.57. The van der Waals surface area contributed by atoms with Gasteiger partial charge >= 0.3 is 0 Å². The van der Waals surface area contributed by atoms with E-state index in [1.807, 2.05) is 0 Å². The third-order valence-corrected chi connectivity index (χ3v) is 3.82. The van der Waals surface area contributed by atoms with Gasteiger partial charge < -0.3 is 14.8 Å². The first-order valence-corrected chi connectivity index (χ1v) is 8.35. The van der Waals surface area contributed by atoms with Crippen molar-refractivity contribution in [3.63, 3.8) is 0 Å². The van der Waals surface area contributed by atoms with Crippen LogP contribution in [0.3, 0.4) is 0 Å². The number of carbonyl (C=O) groups is 1. The lowest BCUT2D eigenvalue weighted by molar-refractivity contribution is 0.0953. The van der Waals surface area contributed by atoms with Gasteiger partial charge in [-0.2, -0.15) is 0 Å². The molecule has 0 bridgehead atoms. The largest absolute Gasteiger partial charge is 0.496 e. The first kappa shape index (κ1) is 18.1. The summed E-state index contributed by atoms with van der Waals surface area (Å²) in [6, 6.07) is 12.5. The molecule has 0 fully saturated rings. The van der Waals surface area contributed by atoms with Crippen LogP contribution in [0.4, 0.5) is 0 Å². The fourth-order valence-electron chi connectivity index (χ4n) is 2.21. The van der Waals surface area contributed by atoms with E-state index < -0.39 is 0 Å². The van der Waals surface area contributed by atoms with Crippen molar-refractivity contribution in [1.82, 2.24) is 5.32 Å². The van der Waals surface area contributed by atoms with Crippen LogP contribution in [0.15, 0.2) is 42.5 Å². The molecule has 0 aromatic heterocycles. The number of carbonyl (C=O) groups excluding carboxylic acids is 1. The Morgan fingerprint density at radius 3 is 2.58 bits per heavy atom. The van der Waals surface area contributed by atoms with Crippen molar-refractivity contribution >= 4 is 17.5 Å². The van der Waals surface area contributed by atoms with Crippen LogP contribution in [0.2, 0.25) is 5.02 Å². The molecule has 5 heteroatoms. The standard InChI is InChI=1S/C19H22ClNO3/c1-3-4-11-21-19(22)14-5-10-18(23-2)15(12-14)13-24-17-8-6-16(20)7-9-17/h5-10,12H,3-4,11,13H2,1-2H3,(H,21,22). The van der Waals surface area contributed by atoms with Gasteiger partial charge in [0, 0.05) is 22.7 Å². The van der Waals surface area contributed by atoms with Gasteiger partial charge in [0.1, 0.15) is 18.1 Å². The molecule has 4 nitrogen and oxygen atoms in total. The first-order valence-electron chi connectivity index (χ1n) is 7.97. The zero-order chi connectivity index (χ0) is 17.4. The molecule has 0 aliphatic rings. The Morgan fingerprint density at radius 2 is 1.92 bits per heavy atom. The Labute approximate surface area is 147 Å². The van der Waals surface area contributed by atoms with Gasteiger partial charge in [0.2, 0.25) is 0 Å². The van der Waals surface area contributed by atoms with E-state index in [1.54, 1.807) is 49.6 Å². The normalized spacial score (nSPS) is 10.3. The van der Waals surface area contributed by atoms with Gasteiger partial charge in [0.15, 0.2) is 0 Å². The maximum atomic E-state index is 12.2. The number of unbranched alkanes of at least 4 members (excludes halogenated alkanes) is 1. The highest BCUT2D eigenvalue weighted by Crippen LogP contribution is 2.23. The average molecular weight is 348 g/mol. The lowest BCUT2D eigenvalue weighted by atomic mass is 10.1. The molecule has 0 radical (unpaired) electrons. The van der Waals surface area contributed by atoms with Crippen LogP contribution in [0.1, 0.15) is 35.7 Å². The molecule has 1 amide bonds. The number of rotatable bonds is 8. The highest BCUT2D eigenvalue weighted by Gasteiger charge is 2.10. The van der Waals surface area contributed by atoms with Crippen LogP contribution in [0, 0.1) is 0 Å². The van der Waals surface area contributed by atoms with Crippen molar-refractivity contribution in [3.8, 4) is 11.5 Å². The maximum absolute atomic E-state index is 12.2. The van der Waals surface area contributed by atoms with E-state index in [0.29, 0.717) is 35.2 Å². The molecule has 1 N–H and O–H groups in total. The molecule has 0 unspecified atom stereocenters. The van der Waals surface area contributed by atoms with E-state index in [0.717, 1.165) is 18.4 Å². The fraction of sp³-hybridized carbons (Fsp3) is 0.316. The number of hydrogen-bond acceptors (Lipinski definition) is 3. The number of hydrogen-bond donors (Lipinski definition) is 1. The fourth-order valence-corrected chi connectivity index (χ4v) is 2.33. The maximum Gasteiger partial charge on any atom is 0.251 e. The monoisotopic (exact) mass is 347 g/mol. The molecule has 2 aromatic rings. The first-order chi connectivity index (χ1) is 11.6. The summed E-state index contributed by atoms with van der Waals surface area (Å²) in [5.74, 6) is 1.31. The summed E-state index contributed by atoms with van der Waals surface area (Å²) in [6.07, 6.45) is 2.01. The van der Waals surface area contributed by atoms with Crippen molar-refractivity contribution in [2.75, 3.05) is 13.7 Å². The van der Waals surface area contributed by atoms with Crippen molar-refractivity contribution in [1.29, 1.82) is 0 Å². The number of halogens is 1. The molecule has 0 aliphatic heterocycles. The van der Waals surface area contributed by atoms with Gasteiger partial charge in [-0.1, -0.05) is 24.9 Å². The zero-order valence-corrected chi connectivity index (χ0v) is 14.7. The van der Waals surface area contributed by atoms with Gasteiger partial charge in [-0.05, 0) is 48.9 Å². The van der Waals surface area contributed by atoms with Gasteiger partial charge in [0.25, 0.3) is 5.91 Å². The van der Waals surface area contributed by atoms with Gasteiger partial charge in [-0.15, -0.1) is 0 Å². The van der Waals surface area contributed by atoms with E-state index in [1.165, 1.54) is 0 Å². The van der Waals surface area contributed by atoms with E-state index >= 15 is 0 Å². The summed E-state index contributed by atoms with van der Waals surface area (Å²) >= 11 is 5.86. The minimum Gasteiger partial charge on any atom is -0.496 e. The summed E-state index contributed by atoms with van der Waals surface area (Å²) < 4.78 is 11.1. The number of nitrogens with one attached hydrogen (secondary N) is 1. The molecule has 0 aliphatic carbocycles. The molecule has 0 atom stereocenters. The summed E-state index contributed by atoms with van der Waals surface area (Å²) in [5.41, 5.74) is 1.41. The molecule has 2 rings (SSSR count). The summed E-state index contributed by atoms with van der Waals surface area (Å²) in [7, 11) is 1.60. The molecule has 24 heavy (non-hydrogen) atoms. The van der Waals surface area contributed by atoms with E-state index in [-0.39, 0.29) is 5.91 Å². The highest BCUT2D eigenvalue weighted by molar-refractivity contribution is 6.30. The third kappa shape index (κ3) is 5.17. The summed E-state index contributed by atoms with van der Waals surface area (Å²) in [5, 5.41) is 3.57. The van der Waals surface area contributed by atoms with E-state index in [2.05, 4.69) is 12.2 Å². The molecule has 0 saturated heterocycles. The van der Waals surface area contributed by atoms with Crippen molar-refractivity contribution < 1.29 is 14.3 Å². The SMILES string of the molecule is CCCCNC(=O)c1ccc(OC)c(COc2ccc(Cl)cc2)c1. The minimum absolute atomic E-state index is 0.0844. The Bertz CT molecular complexity index is 671. The number of methoxy groups -OCH3 is 1. The van der Waals surface area contributed by atoms with Crippen molar-refractivity contribution in [2.24, 2.45) is 0 Å². The van der Waals surface area contributed by atoms with E-state index in [4.69, 9.17) is 21.1 Å². The second kappa shape index (κ2) is 9.18. The molecule has 0 saturated carbocycles. The summed E-state index contributed by atoms with van der Waals surface area (Å²) in [6.45, 7) is 3.07. The predicted octanol–water partition coefficient (Wildman–Crippen LogP) is 4.46. The van der Waals surface area contributed by atoms with Gasteiger partial charge in [0.05, 0.1) is 7.11 Å². The number of amides is 1. The van der Waals surface area contributed by atoms with Crippen molar-refractivity contribution in [2.45, 2.75) is 26.4 Å². The summed E-state index contributed by atoms with van der Waals surface area (Å²) in [4.78, 5) is 12.2. The van der Waals surface area contributed by atoms with Crippen LogP contribution >= 0.6 is 11.6 Å². The molecule has 2 aromatic carbocycles. The molecule has 128 valence electrons. The van der Waals surface area contributed by atoms with Crippen molar-refractivity contribution in [3.05, 3.63) is 58.6 Å². The topological polar surface area (TPSA) is 47.6 Å². The molecule has 0 heterocycles. The van der Waals surface area contributed by atoms with Crippen LogP contribution in [-0.2, 0) is 6.61 Å². The highest BCUT2D eigenvalue weighted by atomic mass is 35.5. The molecule has 0 spiro atoms. The van der Waals surface area contributed by atoms with Crippen LogP contribution in [0.25, 0.3) is 0 Å². The van der Waals surface area contributed by atoms with E-state index in [9.17, 15) is 4.79 Å². The Kier molecular flexibility index (Phi) is 6.94. The predicted molar refractivity (Wildman–Crippen MR) is 96.0 cm³/mol. The quantitative estimate of drug-likeness (QED) is 0.717. The Morgan fingerprint density at radius 1 is 1.17 bits per heavy atom. The lowest BCUT2D eigenvalue weighted by Crippen LogP contribution is -2.24. The minimum atomic E-state index is -0.0844. The van der Waals surface area contributed by atoms with Gasteiger partial charge in [-0.3, -0.25) is 4.79 Å². The van der Waals surface area contributed by atoms with Crippen LogP contribution in [-0.4, -0.2) is 19.6 Å². The lowest BCUT2D eigenvalue weighted by Gasteiger charge is -2.12. The number of benzene rings is 2. The smallest absolute Gasteiger partial charge is 0.251 e. The molecular weight excluding hydrogens is 326 g/mol. The second-order valence-corrected chi connectivity index (χ2v) is 5.82.